The Labute approximate surface area is 172 Å². The van der Waals surface area contributed by atoms with Gasteiger partial charge >= 0.3 is 6.01 Å². The van der Waals surface area contributed by atoms with Crippen molar-refractivity contribution in [1.29, 1.82) is 0 Å². The molecule has 2 N–H and O–H groups in total. The summed E-state index contributed by atoms with van der Waals surface area (Å²) in [6, 6.07) is 19.6. The molecule has 0 aliphatic carbocycles. The van der Waals surface area contributed by atoms with Crippen LogP contribution < -0.4 is 5.32 Å². The van der Waals surface area contributed by atoms with E-state index in [1.54, 1.807) is 0 Å². The SMILES string of the molecule is Cc1[nH]c(SCC(=O)Nc2nnc(-c3ccccc3)o2)nc1Cc1ccccc1. The third-order valence-electron chi connectivity index (χ3n) is 4.21. The van der Waals surface area contributed by atoms with Gasteiger partial charge in [0.05, 0.1) is 11.4 Å². The Balaban J connectivity index is 1.32. The van der Waals surface area contributed by atoms with E-state index < -0.39 is 0 Å². The van der Waals surface area contributed by atoms with Crippen LogP contribution in [0.1, 0.15) is 17.0 Å². The van der Waals surface area contributed by atoms with Crippen LogP contribution in [0, 0.1) is 6.92 Å². The maximum absolute atomic E-state index is 12.2. The molecule has 0 aliphatic rings. The summed E-state index contributed by atoms with van der Waals surface area (Å²) in [4.78, 5) is 20.0. The van der Waals surface area contributed by atoms with Crippen LogP contribution in [0.4, 0.5) is 6.01 Å². The number of hydrogen-bond donors (Lipinski definition) is 2. The number of nitrogens with one attached hydrogen (secondary N) is 2. The first-order valence-corrected chi connectivity index (χ1v) is 10.1. The first-order valence-electron chi connectivity index (χ1n) is 9.08. The molecule has 0 spiro atoms. The zero-order valence-electron chi connectivity index (χ0n) is 15.8. The van der Waals surface area contributed by atoms with Crippen molar-refractivity contribution >= 4 is 23.7 Å². The van der Waals surface area contributed by atoms with Gasteiger partial charge in [-0.3, -0.25) is 10.1 Å². The second kappa shape index (κ2) is 8.74. The molecule has 0 fully saturated rings. The number of carbonyl (C=O) groups is 1. The molecule has 0 aliphatic heterocycles. The fourth-order valence-electron chi connectivity index (χ4n) is 2.76. The lowest BCUT2D eigenvalue weighted by molar-refractivity contribution is -0.113. The van der Waals surface area contributed by atoms with Crippen molar-refractivity contribution < 1.29 is 9.21 Å². The van der Waals surface area contributed by atoms with Crippen LogP contribution in [0.5, 0.6) is 0 Å². The summed E-state index contributed by atoms with van der Waals surface area (Å²) in [5.41, 5.74) is 3.97. The number of aromatic amines is 1. The monoisotopic (exact) mass is 405 g/mol. The number of aryl methyl sites for hydroxylation is 1. The summed E-state index contributed by atoms with van der Waals surface area (Å²) in [6.07, 6.45) is 0.750. The van der Waals surface area contributed by atoms with Gasteiger partial charge in [0.2, 0.25) is 11.8 Å². The van der Waals surface area contributed by atoms with Crippen molar-refractivity contribution in [2.75, 3.05) is 11.1 Å². The summed E-state index contributed by atoms with van der Waals surface area (Å²) in [5, 5.41) is 11.2. The smallest absolute Gasteiger partial charge is 0.322 e. The van der Waals surface area contributed by atoms with Gasteiger partial charge in [-0.2, -0.15) is 0 Å². The Kier molecular flexibility index (Phi) is 5.71. The highest BCUT2D eigenvalue weighted by Crippen LogP contribution is 2.21. The second-order valence-electron chi connectivity index (χ2n) is 6.39. The molecule has 2 aromatic heterocycles. The maximum Gasteiger partial charge on any atom is 0.322 e. The molecule has 0 saturated heterocycles. The van der Waals surface area contributed by atoms with Crippen molar-refractivity contribution in [2.24, 2.45) is 0 Å². The molecule has 0 saturated carbocycles. The lowest BCUT2D eigenvalue weighted by Gasteiger charge is -1.99. The number of H-pyrrole nitrogens is 1. The zero-order chi connectivity index (χ0) is 20.1. The number of amides is 1. The third kappa shape index (κ3) is 4.91. The number of nitrogens with zero attached hydrogens (tertiary/aromatic N) is 3. The van der Waals surface area contributed by atoms with Gasteiger partial charge in [0.25, 0.3) is 0 Å². The van der Waals surface area contributed by atoms with Crippen molar-refractivity contribution in [3.8, 4) is 11.5 Å². The van der Waals surface area contributed by atoms with Crippen LogP contribution in [0.15, 0.2) is 70.2 Å². The van der Waals surface area contributed by atoms with Crippen LogP contribution in [-0.4, -0.2) is 31.8 Å². The molecule has 0 radical (unpaired) electrons. The summed E-state index contributed by atoms with van der Waals surface area (Å²) < 4.78 is 5.50. The number of carbonyl (C=O) groups excluding carboxylic acids is 1. The fourth-order valence-corrected chi connectivity index (χ4v) is 3.50. The normalized spacial score (nSPS) is 10.8. The number of hydrogen-bond acceptors (Lipinski definition) is 6. The van der Waals surface area contributed by atoms with E-state index in [0.29, 0.717) is 11.0 Å². The van der Waals surface area contributed by atoms with Crippen molar-refractivity contribution in [3.63, 3.8) is 0 Å². The fraction of sp³-hybridized carbons (Fsp3) is 0.143. The number of imidazole rings is 1. The van der Waals surface area contributed by atoms with E-state index in [2.05, 4.69) is 37.6 Å². The molecule has 8 heteroatoms. The van der Waals surface area contributed by atoms with Crippen molar-refractivity contribution in [1.82, 2.24) is 20.2 Å². The van der Waals surface area contributed by atoms with Gasteiger partial charge in [-0.15, -0.1) is 5.10 Å². The van der Waals surface area contributed by atoms with Crippen LogP contribution in [0.25, 0.3) is 11.5 Å². The molecule has 0 bridgehead atoms. The van der Waals surface area contributed by atoms with Crippen molar-refractivity contribution in [3.05, 3.63) is 77.6 Å². The van der Waals surface area contributed by atoms with Gasteiger partial charge in [0.1, 0.15) is 0 Å². The minimum Gasteiger partial charge on any atom is -0.403 e. The predicted octanol–water partition coefficient (Wildman–Crippen LogP) is 4.09. The third-order valence-corrected chi connectivity index (χ3v) is 5.08. The first kappa shape index (κ1) is 18.9. The minimum atomic E-state index is -0.239. The average molecular weight is 405 g/mol. The standard InChI is InChI=1S/C21H19N5O2S/c1-14-17(12-15-8-4-2-5-9-15)23-21(22-14)29-13-18(27)24-20-26-25-19(28-20)16-10-6-3-7-11-16/h2-11H,12-13H2,1H3,(H,22,23)(H,24,26,27). The van der Waals surface area contributed by atoms with E-state index in [9.17, 15) is 4.79 Å². The summed E-state index contributed by atoms with van der Waals surface area (Å²) in [6.45, 7) is 1.99. The largest absolute Gasteiger partial charge is 0.403 e. The highest BCUT2D eigenvalue weighted by Gasteiger charge is 2.13. The highest BCUT2D eigenvalue weighted by molar-refractivity contribution is 7.99. The van der Waals surface area contributed by atoms with Crippen LogP contribution in [0.3, 0.4) is 0 Å². The molecule has 1 amide bonds. The Hall–Kier alpha value is -3.39. The van der Waals surface area contributed by atoms with E-state index in [1.165, 1.54) is 17.3 Å². The summed E-state index contributed by atoms with van der Waals surface area (Å²) in [7, 11) is 0. The maximum atomic E-state index is 12.2. The average Bonchev–Trinajstić information content (AvgIpc) is 3.35. The molecular formula is C21H19N5O2S. The molecule has 4 rings (SSSR count). The van der Waals surface area contributed by atoms with E-state index in [1.807, 2.05) is 55.5 Å². The first-order chi connectivity index (χ1) is 14.2. The second-order valence-corrected chi connectivity index (χ2v) is 7.36. The molecule has 4 aromatic rings. The lowest BCUT2D eigenvalue weighted by atomic mass is 10.1. The predicted molar refractivity (Wildman–Crippen MR) is 112 cm³/mol. The van der Waals surface area contributed by atoms with Gasteiger partial charge in [0.15, 0.2) is 5.16 Å². The Morgan fingerprint density at radius 1 is 1.07 bits per heavy atom. The molecule has 2 aromatic carbocycles. The van der Waals surface area contributed by atoms with Crippen LogP contribution in [0.2, 0.25) is 0 Å². The van der Waals surface area contributed by atoms with Crippen LogP contribution in [-0.2, 0) is 11.2 Å². The summed E-state index contributed by atoms with van der Waals surface area (Å²) >= 11 is 1.33. The van der Waals surface area contributed by atoms with Gasteiger partial charge in [-0.1, -0.05) is 65.4 Å². The van der Waals surface area contributed by atoms with Crippen molar-refractivity contribution in [2.45, 2.75) is 18.5 Å². The molecule has 146 valence electrons. The zero-order valence-corrected chi connectivity index (χ0v) is 16.6. The Morgan fingerprint density at radius 3 is 2.55 bits per heavy atom. The molecule has 7 nitrogen and oxygen atoms in total. The van der Waals surface area contributed by atoms with E-state index >= 15 is 0 Å². The van der Waals surface area contributed by atoms with Gasteiger partial charge in [-0.05, 0) is 24.6 Å². The van der Waals surface area contributed by atoms with E-state index in [0.717, 1.165) is 23.4 Å². The number of aromatic nitrogens is 4. The molecule has 2 heterocycles. The quantitative estimate of drug-likeness (QED) is 0.450. The number of rotatable bonds is 7. The van der Waals surface area contributed by atoms with Crippen LogP contribution >= 0.6 is 11.8 Å². The van der Waals surface area contributed by atoms with Gasteiger partial charge in [-0.25, -0.2) is 4.98 Å². The number of thioether (sulfide) groups is 1. The molecule has 0 unspecified atom stereocenters. The number of benzene rings is 2. The minimum absolute atomic E-state index is 0.0786. The van der Waals surface area contributed by atoms with E-state index in [-0.39, 0.29) is 17.7 Å². The number of anilines is 1. The van der Waals surface area contributed by atoms with Gasteiger partial charge in [0, 0.05) is 17.7 Å². The van der Waals surface area contributed by atoms with E-state index in [4.69, 9.17) is 4.42 Å². The highest BCUT2D eigenvalue weighted by atomic mass is 32.2. The van der Waals surface area contributed by atoms with Gasteiger partial charge < -0.3 is 9.40 Å². The molecule has 29 heavy (non-hydrogen) atoms. The molecular weight excluding hydrogens is 386 g/mol. The molecule has 0 atom stereocenters. The lowest BCUT2D eigenvalue weighted by Crippen LogP contribution is -2.14. The summed E-state index contributed by atoms with van der Waals surface area (Å²) in [5.74, 6) is 0.304. The topological polar surface area (TPSA) is 96.7 Å². The Morgan fingerprint density at radius 2 is 1.79 bits per heavy atom. The Bertz CT molecular complexity index is 1090.